The normalized spacial score (nSPS) is 13.6. The Morgan fingerprint density at radius 1 is 1.14 bits per heavy atom. The summed E-state index contributed by atoms with van der Waals surface area (Å²) in [5.74, 6) is 2.99. The van der Waals surface area contributed by atoms with Gasteiger partial charge in [0.2, 0.25) is 0 Å². The van der Waals surface area contributed by atoms with Gasteiger partial charge in [0.15, 0.2) is 0 Å². The Morgan fingerprint density at radius 3 is 2.77 bits per heavy atom. The number of hydrogen-bond donors (Lipinski definition) is 0. The molecule has 3 heterocycles. The minimum atomic E-state index is 0.845. The van der Waals surface area contributed by atoms with E-state index in [1.807, 2.05) is 30.0 Å². The van der Waals surface area contributed by atoms with Gasteiger partial charge in [-0.25, -0.2) is 9.97 Å². The average molecular weight is 327 g/mol. The lowest BCUT2D eigenvalue weighted by Crippen LogP contribution is -2.16. The van der Waals surface area contributed by atoms with Crippen molar-refractivity contribution in [2.45, 2.75) is 18.2 Å². The molecule has 0 atom stereocenters. The second kappa shape index (κ2) is 5.25. The number of benzene rings is 1. The fourth-order valence-electron chi connectivity index (χ4n) is 2.95. The molecule has 0 bridgehead atoms. The molecule has 4 rings (SSSR count). The van der Waals surface area contributed by atoms with Crippen molar-refractivity contribution in [3.63, 3.8) is 0 Å². The van der Waals surface area contributed by atoms with E-state index in [2.05, 4.69) is 48.2 Å². The molecular formula is C17H17N3S2. The summed E-state index contributed by atoms with van der Waals surface area (Å²) >= 11 is 3.81. The van der Waals surface area contributed by atoms with Crippen molar-refractivity contribution in [2.24, 2.45) is 0 Å². The van der Waals surface area contributed by atoms with Crippen LogP contribution in [-0.4, -0.2) is 29.8 Å². The van der Waals surface area contributed by atoms with Crippen LogP contribution in [0.5, 0.6) is 0 Å². The van der Waals surface area contributed by atoms with Crippen molar-refractivity contribution in [1.29, 1.82) is 0 Å². The Balaban J connectivity index is 2.06. The first-order valence-electron chi connectivity index (χ1n) is 7.34. The zero-order valence-corrected chi connectivity index (χ0v) is 14.5. The summed E-state index contributed by atoms with van der Waals surface area (Å²) < 4.78 is 1.34. The monoisotopic (exact) mass is 327 g/mol. The van der Waals surface area contributed by atoms with Gasteiger partial charge in [-0.3, -0.25) is 0 Å². The summed E-state index contributed by atoms with van der Waals surface area (Å²) in [5.41, 5.74) is 2.42. The molecule has 1 aliphatic heterocycles. The van der Waals surface area contributed by atoms with Crippen molar-refractivity contribution in [2.75, 3.05) is 24.7 Å². The van der Waals surface area contributed by atoms with Gasteiger partial charge in [-0.05, 0) is 19.4 Å². The van der Waals surface area contributed by atoms with Crippen LogP contribution in [0.25, 0.3) is 20.7 Å². The van der Waals surface area contributed by atoms with Crippen molar-refractivity contribution in [3.8, 4) is 10.6 Å². The fraction of sp³-hybridized carbons (Fsp3) is 0.294. The molecule has 0 fully saturated rings. The highest BCUT2D eigenvalue weighted by Crippen LogP contribution is 2.47. The van der Waals surface area contributed by atoms with Crippen LogP contribution in [0, 0.1) is 6.92 Å². The van der Waals surface area contributed by atoms with E-state index >= 15 is 0 Å². The van der Waals surface area contributed by atoms with Crippen molar-refractivity contribution in [3.05, 3.63) is 35.7 Å². The first-order chi connectivity index (χ1) is 10.6. The Hall–Kier alpha value is -1.59. The lowest BCUT2D eigenvalue weighted by molar-refractivity contribution is 0.950. The summed E-state index contributed by atoms with van der Waals surface area (Å²) in [7, 11) is 4.12. The van der Waals surface area contributed by atoms with Crippen LogP contribution in [0.15, 0.2) is 29.2 Å². The van der Waals surface area contributed by atoms with Gasteiger partial charge in [-0.15, -0.1) is 23.1 Å². The maximum Gasteiger partial charge on any atom is 0.135 e. The lowest BCUT2D eigenvalue weighted by atomic mass is 10.1. The van der Waals surface area contributed by atoms with Gasteiger partial charge in [0.25, 0.3) is 0 Å². The van der Waals surface area contributed by atoms with E-state index < -0.39 is 0 Å². The van der Waals surface area contributed by atoms with Crippen molar-refractivity contribution in [1.82, 2.24) is 9.97 Å². The van der Waals surface area contributed by atoms with Crippen LogP contribution >= 0.6 is 23.1 Å². The van der Waals surface area contributed by atoms with Crippen LogP contribution in [-0.2, 0) is 6.42 Å². The molecular weight excluding hydrogens is 310 g/mol. The molecule has 112 valence electrons. The van der Waals surface area contributed by atoms with Crippen molar-refractivity contribution < 1.29 is 0 Å². The van der Waals surface area contributed by atoms with E-state index in [1.54, 1.807) is 0 Å². The van der Waals surface area contributed by atoms with E-state index in [4.69, 9.17) is 4.98 Å². The maximum absolute atomic E-state index is 4.81. The van der Waals surface area contributed by atoms with E-state index in [-0.39, 0.29) is 0 Å². The number of aryl methyl sites for hydroxylation is 1. The van der Waals surface area contributed by atoms with Crippen LogP contribution in [0.4, 0.5) is 5.82 Å². The average Bonchev–Trinajstić information content (AvgIpc) is 2.77. The minimum absolute atomic E-state index is 0.845. The molecule has 22 heavy (non-hydrogen) atoms. The zero-order chi connectivity index (χ0) is 15.3. The highest BCUT2D eigenvalue weighted by Gasteiger charge is 2.24. The van der Waals surface area contributed by atoms with E-state index in [1.165, 1.54) is 25.4 Å². The van der Waals surface area contributed by atoms with Gasteiger partial charge in [0, 0.05) is 40.4 Å². The van der Waals surface area contributed by atoms with Crippen LogP contribution < -0.4 is 4.90 Å². The van der Waals surface area contributed by atoms with Gasteiger partial charge in [0.1, 0.15) is 11.6 Å². The van der Waals surface area contributed by atoms with Crippen LogP contribution in [0.3, 0.4) is 0 Å². The molecule has 1 aromatic carbocycles. The standard InChI is InChI=1S/C17H17N3S2/c1-10-18-14-12(17(19-10)20(2)3)8-9-21-15-11-6-4-5-7-13(11)22-16(14)15/h4-7H,8-9H2,1-3H3. The largest absolute Gasteiger partial charge is 0.362 e. The molecule has 3 nitrogen and oxygen atoms in total. The molecule has 0 amide bonds. The SMILES string of the molecule is Cc1nc2c(c(N(C)C)n1)CCSc1c-2sc2ccccc12. The van der Waals surface area contributed by atoms with E-state index in [0.717, 1.165) is 29.5 Å². The molecule has 0 spiro atoms. The summed E-state index contributed by atoms with van der Waals surface area (Å²) in [5, 5.41) is 1.36. The minimum Gasteiger partial charge on any atom is -0.362 e. The molecule has 5 heteroatoms. The third-order valence-corrected chi connectivity index (χ3v) is 6.31. The smallest absolute Gasteiger partial charge is 0.135 e. The van der Waals surface area contributed by atoms with Gasteiger partial charge in [-0.2, -0.15) is 0 Å². The number of thiophene rings is 1. The summed E-state index contributed by atoms with van der Waals surface area (Å²) in [6, 6.07) is 8.66. The first-order valence-corrected chi connectivity index (χ1v) is 9.15. The third-order valence-electron chi connectivity index (χ3n) is 3.88. The fourth-order valence-corrected chi connectivity index (χ4v) is 5.50. The molecule has 0 saturated carbocycles. The second-order valence-corrected chi connectivity index (χ2v) is 7.83. The van der Waals surface area contributed by atoms with Crippen LogP contribution in [0.1, 0.15) is 11.4 Å². The molecule has 0 radical (unpaired) electrons. The Bertz CT molecular complexity index is 868. The molecule has 0 N–H and O–H groups in total. The third kappa shape index (κ3) is 2.11. The summed E-state index contributed by atoms with van der Waals surface area (Å²) in [6.45, 7) is 1.98. The molecule has 3 aromatic rings. The second-order valence-electron chi connectivity index (χ2n) is 5.67. The Morgan fingerprint density at radius 2 is 1.95 bits per heavy atom. The quantitative estimate of drug-likeness (QED) is 0.663. The summed E-state index contributed by atoms with van der Waals surface area (Å²) in [6.07, 6.45) is 1.02. The molecule has 0 saturated heterocycles. The van der Waals surface area contributed by atoms with Crippen molar-refractivity contribution >= 4 is 39.0 Å². The number of hydrogen-bond acceptors (Lipinski definition) is 5. The summed E-state index contributed by atoms with van der Waals surface area (Å²) in [4.78, 5) is 14.3. The van der Waals surface area contributed by atoms with Gasteiger partial charge < -0.3 is 4.90 Å². The van der Waals surface area contributed by atoms with Crippen LogP contribution in [0.2, 0.25) is 0 Å². The topological polar surface area (TPSA) is 29.0 Å². The molecule has 0 aliphatic carbocycles. The predicted molar refractivity (Wildman–Crippen MR) is 96.3 cm³/mol. The zero-order valence-electron chi connectivity index (χ0n) is 12.9. The van der Waals surface area contributed by atoms with Gasteiger partial charge >= 0.3 is 0 Å². The van der Waals surface area contributed by atoms with E-state index in [0.29, 0.717) is 0 Å². The lowest BCUT2D eigenvalue weighted by Gasteiger charge is -2.18. The molecule has 1 aliphatic rings. The highest BCUT2D eigenvalue weighted by molar-refractivity contribution is 7.99. The number of nitrogens with zero attached hydrogens (tertiary/aromatic N) is 3. The number of anilines is 1. The first kappa shape index (κ1) is 14.0. The Kier molecular flexibility index (Phi) is 3.35. The van der Waals surface area contributed by atoms with Gasteiger partial charge in [0.05, 0.1) is 10.6 Å². The number of fused-ring (bicyclic) bond motifs is 5. The number of aromatic nitrogens is 2. The molecule has 0 unspecified atom stereocenters. The predicted octanol–water partition coefficient (Wildman–Crippen LogP) is 4.38. The Labute approximate surface area is 138 Å². The number of thioether (sulfide) groups is 1. The van der Waals surface area contributed by atoms with E-state index in [9.17, 15) is 0 Å². The maximum atomic E-state index is 4.81. The van der Waals surface area contributed by atoms with Gasteiger partial charge in [-0.1, -0.05) is 18.2 Å². The number of rotatable bonds is 1. The molecule has 2 aromatic heterocycles. The highest BCUT2D eigenvalue weighted by atomic mass is 32.2.